The van der Waals surface area contributed by atoms with E-state index in [1.54, 1.807) is 15.9 Å². The summed E-state index contributed by atoms with van der Waals surface area (Å²) in [6.45, 7) is 0.783. The van der Waals surface area contributed by atoms with Gasteiger partial charge in [0.15, 0.2) is 0 Å². The van der Waals surface area contributed by atoms with Gasteiger partial charge in [-0.25, -0.2) is 9.50 Å². The topological polar surface area (TPSA) is 42.2 Å². The van der Waals surface area contributed by atoms with Crippen molar-refractivity contribution in [2.45, 2.75) is 6.54 Å². The lowest BCUT2D eigenvalue weighted by molar-refractivity contribution is 0.964. The molecule has 4 nitrogen and oxygen atoms in total. The SMILES string of the molecule is Clc1ccccc1-c1cn2nc(NCc3cccs3)sc2n1. The second kappa shape index (κ2) is 5.72. The zero-order valence-electron chi connectivity index (χ0n) is 11.4. The predicted octanol–water partition coefficient (Wildman–Crippen LogP) is 4.78. The number of nitrogens with one attached hydrogen (secondary N) is 1. The van der Waals surface area contributed by atoms with Crippen LogP contribution >= 0.6 is 34.3 Å². The van der Waals surface area contributed by atoms with E-state index in [1.165, 1.54) is 16.2 Å². The molecule has 3 heterocycles. The van der Waals surface area contributed by atoms with Gasteiger partial charge in [0.2, 0.25) is 10.1 Å². The van der Waals surface area contributed by atoms with E-state index in [9.17, 15) is 0 Å². The number of benzene rings is 1. The number of hydrogen-bond acceptors (Lipinski definition) is 5. The zero-order valence-corrected chi connectivity index (χ0v) is 13.8. The second-order valence-corrected chi connectivity index (χ2v) is 7.07. The van der Waals surface area contributed by atoms with Gasteiger partial charge in [0, 0.05) is 10.4 Å². The summed E-state index contributed by atoms with van der Waals surface area (Å²) in [4.78, 5) is 6.74. The average Bonchev–Trinajstić information content (AvgIpc) is 3.21. The van der Waals surface area contributed by atoms with Crippen LogP contribution in [0.25, 0.3) is 16.2 Å². The molecule has 3 aromatic heterocycles. The Morgan fingerprint density at radius 1 is 1.18 bits per heavy atom. The van der Waals surface area contributed by atoms with Crippen LogP contribution in [0.3, 0.4) is 0 Å². The molecular formula is C15H11ClN4S2. The third-order valence-corrected chi connectivity index (χ3v) is 5.27. The number of halogens is 1. The van der Waals surface area contributed by atoms with E-state index in [1.807, 2.05) is 36.5 Å². The van der Waals surface area contributed by atoms with E-state index < -0.39 is 0 Å². The van der Waals surface area contributed by atoms with E-state index >= 15 is 0 Å². The number of thiophene rings is 1. The Labute approximate surface area is 140 Å². The minimum absolute atomic E-state index is 0.698. The molecule has 22 heavy (non-hydrogen) atoms. The van der Waals surface area contributed by atoms with Crippen molar-refractivity contribution >= 4 is 44.4 Å². The lowest BCUT2D eigenvalue weighted by Crippen LogP contribution is -1.97. The number of aromatic nitrogens is 3. The molecule has 0 radical (unpaired) electrons. The van der Waals surface area contributed by atoms with Crippen molar-refractivity contribution in [1.82, 2.24) is 14.6 Å². The number of fused-ring (bicyclic) bond motifs is 1. The number of nitrogens with zero attached hydrogens (tertiary/aromatic N) is 3. The number of rotatable bonds is 4. The van der Waals surface area contributed by atoms with E-state index in [4.69, 9.17) is 11.6 Å². The Hall–Kier alpha value is -1.89. The molecule has 0 aliphatic heterocycles. The zero-order chi connectivity index (χ0) is 14.9. The van der Waals surface area contributed by atoms with Crippen LogP contribution in [0.2, 0.25) is 5.02 Å². The normalized spacial score (nSPS) is 11.1. The summed E-state index contributed by atoms with van der Waals surface area (Å²) in [6, 6.07) is 11.8. The first kappa shape index (κ1) is 13.8. The highest BCUT2D eigenvalue weighted by Gasteiger charge is 2.11. The molecule has 1 N–H and O–H groups in total. The lowest BCUT2D eigenvalue weighted by Gasteiger charge is -1.99. The molecule has 1 aromatic carbocycles. The Morgan fingerprint density at radius 3 is 2.86 bits per heavy atom. The monoisotopic (exact) mass is 346 g/mol. The maximum atomic E-state index is 6.21. The second-order valence-electron chi connectivity index (χ2n) is 4.67. The lowest BCUT2D eigenvalue weighted by atomic mass is 10.2. The highest BCUT2D eigenvalue weighted by molar-refractivity contribution is 7.20. The maximum absolute atomic E-state index is 6.21. The van der Waals surface area contributed by atoms with Gasteiger partial charge >= 0.3 is 0 Å². The molecule has 0 aliphatic rings. The third-order valence-electron chi connectivity index (χ3n) is 3.19. The first-order valence-electron chi connectivity index (χ1n) is 6.67. The fourth-order valence-electron chi connectivity index (χ4n) is 2.15. The predicted molar refractivity (Wildman–Crippen MR) is 93.0 cm³/mol. The molecule has 0 saturated heterocycles. The van der Waals surface area contributed by atoms with E-state index in [0.717, 1.165) is 27.9 Å². The van der Waals surface area contributed by atoms with Gasteiger partial charge in [-0.05, 0) is 17.5 Å². The van der Waals surface area contributed by atoms with Crippen LogP contribution in [0.4, 0.5) is 5.13 Å². The first-order valence-corrected chi connectivity index (χ1v) is 8.74. The van der Waals surface area contributed by atoms with Gasteiger partial charge in [-0.3, -0.25) is 0 Å². The summed E-state index contributed by atoms with van der Waals surface area (Å²) < 4.78 is 1.79. The quantitative estimate of drug-likeness (QED) is 0.578. The fraction of sp³-hybridized carbons (Fsp3) is 0.0667. The number of imidazole rings is 1. The molecule has 0 bridgehead atoms. The minimum atomic E-state index is 0.698. The summed E-state index contributed by atoms with van der Waals surface area (Å²) >= 11 is 9.48. The molecule has 0 amide bonds. The van der Waals surface area contributed by atoms with Gasteiger partial charge in [-0.1, -0.05) is 47.2 Å². The van der Waals surface area contributed by atoms with E-state index in [-0.39, 0.29) is 0 Å². The number of hydrogen-bond donors (Lipinski definition) is 1. The Kier molecular flexibility index (Phi) is 3.57. The van der Waals surface area contributed by atoms with Crippen LogP contribution < -0.4 is 5.32 Å². The van der Waals surface area contributed by atoms with Crippen molar-refractivity contribution in [1.29, 1.82) is 0 Å². The molecule has 4 aromatic rings. The van der Waals surface area contributed by atoms with Crippen molar-refractivity contribution in [3.8, 4) is 11.3 Å². The Bertz CT molecular complexity index is 879. The standard InChI is InChI=1S/C15H11ClN4S2/c16-12-6-2-1-5-11(12)13-9-20-15(18-13)22-14(19-20)17-8-10-4-3-7-21-10/h1-7,9H,8H2,(H,17,19). The van der Waals surface area contributed by atoms with Gasteiger partial charge in [-0.2, -0.15) is 0 Å². The van der Waals surface area contributed by atoms with Crippen LogP contribution in [0.5, 0.6) is 0 Å². The van der Waals surface area contributed by atoms with Gasteiger partial charge < -0.3 is 5.32 Å². The van der Waals surface area contributed by atoms with Gasteiger partial charge in [0.1, 0.15) is 0 Å². The van der Waals surface area contributed by atoms with Crippen LogP contribution in [0.1, 0.15) is 4.88 Å². The number of anilines is 1. The summed E-state index contributed by atoms with van der Waals surface area (Å²) in [5.41, 5.74) is 1.77. The highest BCUT2D eigenvalue weighted by atomic mass is 35.5. The van der Waals surface area contributed by atoms with E-state index in [0.29, 0.717) is 5.02 Å². The smallest absolute Gasteiger partial charge is 0.214 e. The highest BCUT2D eigenvalue weighted by Crippen LogP contribution is 2.29. The Balaban J connectivity index is 1.58. The maximum Gasteiger partial charge on any atom is 0.214 e. The van der Waals surface area contributed by atoms with Crippen LogP contribution in [-0.2, 0) is 6.54 Å². The van der Waals surface area contributed by atoms with E-state index in [2.05, 4.69) is 26.8 Å². The fourth-order valence-corrected chi connectivity index (χ4v) is 3.80. The van der Waals surface area contributed by atoms with Gasteiger partial charge in [-0.15, -0.1) is 16.4 Å². The van der Waals surface area contributed by atoms with Crippen LogP contribution in [0.15, 0.2) is 48.0 Å². The van der Waals surface area contributed by atoms with Gasteiger partial charge in [0.25, 0.3) is 0 Å². The van der Waals surface area contributed by atoms with Crippen LogP contribution in [-0.4, -0.2) is 14.6 Å². The van der Waals surface area contributed by atoms with Crippen molar-refractivity contribution < 1.29 is 0 Å². The molecule has 110 valence electrons. The van der Waals surface area contributed by atoms with Gasteiger partial charge in [0.05, 0.1) is 23.5 Å². The summed E-state index contributed by atoms with van der Waals surface area (Å²) in [7, 11) is 0. The molecule has 0 atom stereocenters. The largest absolute Gasteiger partial charge is 0.355 e. The first-order chi connectivity index (χ1) is 10.8. The van der Waals surface area contributed by atoms with Crippen molar-refractivity contribution in [3.63, 3.8) is 0 Å². The molecule has 4 rings (SSSR count). The molecule has 0 fully saturated rings. The van der Waals surface area contributed by atoms with Crippen LogP contribution in [0, 0.1) is 0 Å². The molecule has 0 aliphatic carbocycles. The molecule has 0 saturated carbocycles. The van der Waals surface area contributed by atoms with Crippen molar-refractivity contribution in [2.75, 3.05) is 5.32 Å². The summed E-state index contributed by atoms with van der Waals surface area (Å²) in [6.07, 6.45) is 1.91. The average molecular weight is 347 g/mol. The molecule has 7 heteroatoms. The Morgan fingerprint density at radius 2 is 2.09 bits per heavy atom. The van der Waals surface area contributed by atoms with Crippen molar-refractivity contribution in [3.05, 3.63) is 57.9 Å². The summed E-state index contributed by atoms with van der Waals surface area (Å²) in [5.74, 6) is 0. The third kappa shape index (κ3) is 2.61. The van der Waals surface area contributed by atoms with Crippen molar-refractivity contribution in [2.24, 2.45) is 0 Å². The molecule has 0 unspecified atom stereocenters. The summed E-state index contributed by atoms with van der Waals surface area (Å²) in [5, 5.41) is 11.5. The molecule has 0 spiro atoms. The molecular weight excluding hydrogens is 336 g/mol. The minimum Gasteiger partial charge on any atom is -0.355 e.